The van der Waals surface area contributed by atoms with Crippen LogP contribution in [0.5, 0.6) is 0 Å². The average molecular weight is 357 g/mol. The summed E-state index contributed by atoms with van der Waals surface area (Å²) in [6, 6.07) is 7.41. The minimum atomic E-state index is -3.95. The third kappa shape index (κ3) is 4.56. The zero-order valence-electron chi connectivity index (χ0n) is 11.0. The Morgan fingerprint density at radius 3 is 2.45 bits per heavy atom. The number of rotatable bonds is 4. The maximum absolute atomic E-state index is 11.9. The van der Waals surface area contributed by atoms with Gasteiger partial charge in [-0.2, -0.15) is 0 Å². The molecule has 0 unspecified atom stereocenters. The van der Waals surface area contributed by atoms with E-state index in [4.69, 9.17) is 23.2 Å². The van der Waals surface area contributed by atoms with E-state index in [0.29, 0.717) is 10.6 Å². The summed E-state index contributed by atoms with van der Waals surface area (Å²) in [6.45, 7) is 0. The van der Waals surface area contributed by atoms with Crippen LogP contribution in [0, 0.1) is 0 Å². The van der Waals surface area contributed by atoms with Gasteiger partial charge in [0.15, 0.2) is 0 Å². The predicted octanol–water partition coefficient (Wildman–Crippen LogP) is 3.12. The zero-order valence-corrected chi connectivity index (χ0v) is 13.4. The van der Waals surface area contributed by atoms with E-state index in [1.165, 1.54) is 36.7 Å². The van der Waals surface area contributed by atoms with Crippen LogP contribution in [-0.4, -0.2) is 19.3 Å². The molecule has 1 aromatic carbocycles. The van der Waals surface area contributed by atoms with Crippen LogP contribution in [0.15, 0.2) is 48.1 Å². The van der Waals surface area contributed by atoms with E-state index in [2.05, 4.69) is 4.98 Å². The van der Waals surface area contributed by atoms with Crippen molar-refractivity contribution in [1.82, 2.24) is 9.71 Å². The molecule has 22 heavy (non-hydrogen) atoms. The quantitative estimate of drug-likeness (QED) is 0.912. The Labute approximate surface area is 137 Å². The summed E-state index contributed by atoms with van der Waals surface area (Å²) < 4.78 is 25.6. The van der Waals surface area contributed by atoms with Crippen LogP contribution in [0.1, 0.15) is 15.9 Å². The molecular formula is C14H10Cl2N2O3S. The van der Waals surface area contributed by atoms with Gasteiger partial charge in [-0.25, -0.2) is 13.1 Å². The van der Waals surface area contributed by atoms with Gasteiger partial charge in [0.1, 0.15) is 0 Å². The predicted molar refractivity (Wildman–Crippen MR) is 86.1 cm³/mol. The van der Waals surface area contributed by atoms with Crippen molar-refractivity contribution >= 4 is 45.2 Å². The molecule has 0 aliphatic carbocycles. The Balaban J connectivity index is 2.14. The van der Waals surface area contributed by atoms with Crippen molar-refractivity contribution in [1.29, 1.82) is 0 Å². The van der Waals surface area contributed by atoms with Crippen molar-refractivity contribution in [3.05, 3.63) is 69.3 Å². The second-order valence-electron chi connectivity index (χ2n) is 4.18. The normalized spacial score (nSPS) is 11.5. The van der Waals surface area contributed by atoms with Crippen molar-refractivity contribution in [2.45, 2.75) is 0 Å². The van der Waals surface area contributed by atoms with Gasteiger partial charge in [-0.3, -0.25) is 9.78 Å². The Morgan fingerprint density at radius 2 is 1.82 bits per heavy atom. The van der Waals surface area contributed by atoms with Gasteiger partial charge in [0.05, 0.1) is 16.0 Å². The summed E-state index contributed by atoms with van der Waals surface area (Å²) in [4.78, 5) is 15.8. The first-order valence-corrected chi connectivity index (χ1v) is 8.28. The van der Waals surface area contributed by atoms with Crippen LogP contribution in [0.4, 0.5) is 0 Å². The van der Waals surface area contributed by atoms with Crippen molar-refractivity contribution < 1.29 is 13.2 Å². The van der Waals surface area contributed by atoms with Crippen LogP contribution >= 0.6 is 23.2 Å². The molecule has 8 heteroatoms. The van der Waals surface area contributed by atoms with Gasteiger partial charge in [-0.1, -0.05) is 23.2 Å². The van der Waals surface area contributed by atoms with Gasteiger partial charge in [0.2, 0.25) is 0 Å². The summed E-state index contributed by atoms with van der Waals surface area (Å²) in [7, 11) is -3.95. The molecule has 0 aliphatic rings. The number of nitrogens with zero attached hydrogens (tertiary/aromatic N) is 1. The molecule has 0 atom stereocenters. The van der Waals surface area contributed by atoms with E-state index in [9.17, 15) is 13.2 Å². The number of sulfonamides is 1. The molecule has 0 bridgehead atoms. The summed E-state index contributed by atoms with van der Waals surface area (Å²) >= 11 is 11.6. The summed E-state index contributed by atoms with van der Waals surface area (Å²) in [5, 5.41) is 1.31. The van der Waals surface area contributed by atoms with Crippen molar-refractivity contribution in [2.24, 2.45) is 0 Å². The highest BCUT2D eigenvalue weighted by atomic mass is 35.5. The smallest absolute Gasteiger partial charge is 0.266 e. The highest BCUT2D eigenvalue weighted by Gasteiger charge is 2.16. The third-order valence-electron chi connectivity index (χ3n) is 2.56. The second-order valence-corrected chi connectivity index (χ2v) is 6.59. The van der Waals surface area contributed by atoms with E-state index >= 15 is 0 Å². The fourth-order valence-corrected chi connectivity index (χ4v) is 2.80. The lowest BCUT2D eigenvalue weighted by Gasteiger charge is -2.05. The maximum Gasteiger partial charge on any atom is 0.266 e. The fraction of sp³-hybridized carbons (Fsp3) is 0. The summed E-state index contributed by atoms with van der Waals surface area (Å²) in [5.74, 6) is -0.832. The Kier molecular flexibility index (Phi) is 5.18. The van der Waals surface area contributed by atoms with Gasteiger partial charge in [0, 0.05) is 17.4 Å². The lowest BCUT2D eigenvalue weighted by atomic mass is 10.2. The van der Waals surface area contributed by atoms with Gasteiger partial charge in [-0.05, 0) is 42.0 Å². The van der Waals surface area contributed by atoms with Crippen LogP contribution in [-0.2, 0) is 10.0 Å². The van der Waals surface area contributed by atoms with Gasteiger partial charge in [-0.15, -0.1) is 0 Å². The van der Waals surface area contributed by atoms with E-state index in [-0.39, 0.29) is 10.6 Å². The standard InChI is InChI=1S/C14H10Cl2N2O3S/c15-11-1-2-12(13(16)9-11)14(19)18-22(20,21)8-5-10-3-6-17-7-4-10/h1-9H,(H,18,19)/b8-5+. The molecule has 0 spiro atoms. The Hall–Kier alpha value is -1.89. The molecule has 1 aromatic heterocycles. The zero-order chi connectivity index (χ0) is 16.2. The van der Waals surface area contributed by atoms with Gasteiger partial charge in [0.25, 0.3) is 15.9 Å². The van der Waals surface area contributed by atoms with Gasteiger partial charge >= 0.3 is 0 Å². The summed E-state index contributed by atoms with van der Waals surface area (Å²) in [6.07, 6.45) is 4.40. The highest BCUT2D eigenvalue weighted by molar-refractivity contribution is 7.93. The van der Waals surface area contributed by atoms with Gasteiger partial charge < -0.3 is 0 Å². The summed E-state index contributed by atoms with van der Waals surface area (Å²) in [5.41, 5.74) is 0.657. The number of halogens is 2. The Morgan fingerprint density at radius 1 is 1.14 bits per heavy atom. The molecule has 1 heterocycles. The van der Waals surface area contributed by atoms with E-state index in [1.807, 2.05) is 4.72 Å². The number of pyridine rings is 1. The SMILES string of the molecule is O=C(NS(=O)(=O)/C=C/c1ccncc1)c1ccc(Cl)cc1Cl. The van der Waals surface area contributed by atoms with E-state index in [0.717, 1.165) is 5.41 Å². The topological polar surface area (TPSA) is 76.1 Å². The van der Waals surface area contributed by atoms with Crippen molar-refractivity contribution in [2.75, 3.05) is 0 Å². The number of aromatic nitrogens is 1. The number of hydrogen-bond acceptors (Lipinski definition) is 4. The van der Waals surface area contributed by atoms with Crippen LogP contribution in [0.3, 0.4) is 0 Å². The van der Waals surface area contributed by atoms with Crippen molar-refractivity contribution in [3.8, 4) is 0 Å². The molecule has 0 saturated carbocycles. The third-order valence-corrected chi connectivity index (χ3v) is 4.07. The monoisotopic (exact) mass is 356 g/mol. The van der Waals surface area contributed by atoms with E-state index < -0.39 is 15.9 Å². The molecule has 0 fully saturated rings. The molecule has 2 aromatic rings. The van der Waals surface area contributed by atoms with Crippen LogP contribution < -0.4 is 4.72 Å². The van der Waals surface area contributed by atoms with E-state index in [1.54, 1.807) is 12.1 Å². The average Bonchev–Trinajstić information content (AvgIpc) is 2.45. The first kappa shape index (κ1) is 16.5. The molecule has 0 aliphatic heterocycles. The number of amides is 1. The van der Waals surface area contributed by atoms with Crippen molar-refractivity contribution in [3.63, 3.8) is 0 Å². The number of benzene rings is 1. The lowest BCUT2D eigenvalue weighted by molar-refractivity contribution is 0.0982. The van der Waals surface area contributed by atoms with Crippen LogP contribution in [0.2, 0.25) is 10.0 Å². The minimum Gasteiger partial charge on any atom is -0.268 e. The largest absolute Gasteiger partial charge is 0.268 e. The number of hydrogen-bond donors (Lipinski definition) is 1. The molecule has 1 amide bonds. The number of nitrogens with one attached hydrogen (secondary N) is 1. The maximum atomic E-state index is 11.9. The van der Waals surface area contributed by atoms with Crippen LogP contribution in [0.25, 0.3) is 6.08 Å². The molecule has 0 radical (unpaired) electrons. The highest BCUT2D eigenvalue weighted by Crippen LogP contribution is 2.21. The lowest BCUT2D eigenvalue weighted by Crippen LogP contribution is -2.29. The molecule has 114 valence electrons. The minimum absolute atomic E-state index is 0.0203. The molecule has 2 rings (SSSR count). The number of carbonyl (C=O) groups excluding carboxylic acids is 1. The first-order valence-electron chi connectivity index (χ1n) is 5.98. The molecule has 0 saturated heterocycles. The molecular weight excluding hydrogens is 347 g/mol. The second kappa shape index (κ2) is 6.91. The number of carbonyl (C=O) groups is 1. The fourth-order valence-electron chi connectivity index (χ4n) is 1.53. The molecule has 1 N–H and O–H groups in total. The first-order chi connectivity index (χ1) is 10.4. The Bertz CT molecular complexity index is 821. The molecule has 5 nitrogen and oxygen atoms in total.